The molecule has 0 heterocycles. The average Bonchev–Trinajstić information content (AvgIpc) is 2.31. The van der Waals surface area contributed by atoms with Gasteiger partial charge < -0.3 is 10.6 Å². The fourth-order valence-corrected chi connectivity index (χ4v) is 1.59. The molecule has 3 nitrogen and oxygen atoms in total. The second kappa shape index (κ2) is 8.89. The van der Waals surface area contributed by atoms with Crippen LogP contribution in [0.25, 0.3) is 0 Å². The van der Waals surface area contributed by atoms with E-state index < -0.39 is 0 Å². The van der Waals surface area contributed by atoms with E-state index in [4.69, 9.17) is 0 Å². The number of amides is 1. The van der Waals surface area contributed by atoms with E-state index in [1.165, 1.54) is 6.07 Å². The van der Waals surface area contributed by atoms with Crippen molar-refractivity contribution in [2.24, 2.45) is 5.92 Å². The van der Waals surface area contributed by atoms with Gasteiger partial charge in [0.25, 0.3) is 0 Å². The molecule has 102 valence electrons. The molecule has 2 N–H and O–H groups in total. The molecule has 1 rings (SSSR count). The number of rotatable bonds is 6. The van der Waals surface area contributed by atoms with Crippen LogP contribution in [-0.2, 0) is 11.2 Å². The van der Waals surface area contributed by atoms with Crippen LogP contribution in [0.3, 0.4) is 0 Å². The molecule has 0 fully saturated rings. The summed E-state index contributed by atoms with van der Waals surface area (Å²) in [6.07, 6.45) is 0.519. The van der Waals surface area contributed by atoms with Crippen molar-refractivity contribution in [3.8, 4) is 0 Å². The second-order valence-electron chi connectivity index (χ2n) is 4.09. The average molecular weight is 275 g/mol. The van der Waals surface area contributed by atoms with Crippen molar-refractivity contribution >= 4 is 18.3 Å². The van der Waals surface area contributed by atoms with E-state index >= 15 is 0 Å². The number of carbonyl (C=O) groups is 1. The van der Waals surface area contributed by atoms with Crippen LogP contribution < -0.4 is 10.6 Å². The van der Waals surface area contributed by atoms with E-state index in [-0.39, 0.29) is 30.0 Å². The zero-order chi connectivity index (χ0) is 12.7. The van der Waals surface area contributed by atoms with Crippen molar-refractivity contribution in [3.63, 3.8) is 0 Å². The molecule has 0 spiro atoms. The van der Waals surface area contributed by atoms with Crippen LogP contribution in [0.4, 0.5) is 4.39 Å². The largest absolute Gasteiger partial charge is 0.355 e. The Morgan fingerprint density at radius 1 is 1.39 bits per heavy atom. The van der Waals surface area contributed by atoms with Gasteiger partial charge in [0.05, 0.1) is 0 Å². The number of benzene rings is 1. The van der Waals surface area contributed by atoms with Gasteiger partial charge in [-0.05, 0) is 25.1 Å². The highest BCUT2D eigenvalue weighted by Crippen LogP contribution is 2.06. The molecule has 0 aromatic heterocycles. The lowest BCUT2D eigenvalue weighted by Crippen LogP contribution is -2.35. The van der Waals surface area contributed by atoms with Crippen LogP contribution in [0, 0.1) is 11.7 Å². The molecule has 1 aromatic rings. The Kier molecular flexibility index (Phi) is 8.33. The molecular weight excluding hydrogens is 255 g/mol. The molecule has 1 unspecified atom stereocenters. The summed E-state index contributed by atoms with van der Waals surface area (Å²) < 4.78 is 13.3. The van der Waals surface area contributed by atoms with E-state index in [2.05, 4.69) is 10.6 Å². The van der Waals surface area contributed by atoms with Gasteiger partial charge >= 0.3 is 0 Å². The molecule has 5 heteroatoms. The first-order valence-corrected chi connectivity index (χ1v) is 5.81. The Hall–Kier alpha value is -1.13. The summed E-state index contributed by atoms with van der Waals surface area (Å²) in [5.41, 5.74) is 0.633. The van der Waals surface area contributed by atoms with Crippen molar-refractivity contribution < 1.29 is 9.18 Å². The third kappa shape index (κ3) is 5.47. The minimum Gasteiger partial charge on any atom is -0.355 e. The maximum Gasteiger partial charge on any atom is 0.224 e. The van der Waals surface area contributed by atoms with Crippen LogP contribution >= 0.6 is 12.4 Å². The molecule has 0 bridgehead atoms. The highest BCUT2D eigenvalue weighted by Gasteiger charge is 2.10. The van der Waals surface area contributed by atoms with Gasteiger partial charge in [-0.15, -0.1) is 12.4 Å². The Morgan fingerprint density at radius 3 is 2.67 bits per heavy atom. The maximum atomic E-state index is 13.3. The fraction of sp³-hybridized carbons (Fsp3) is 0.462. The summed E-state index contributed by atoms with van der Waals surface area (Å²) in [6, 6.07) is 6.62. The summed E-state index contributed by atoms with van der Waals surface area (Å²) >= 11 is 0. The third-order valence-corrected chi connectivity index (χ3v) is 2.61. The van der Waals surface area contributed by atoms with Gasteiger partial charge in [-0.1, -0.05) is 25.1 Å². The van der Waals surface area contributed by atoms with E-state index in [1.54, 1.807) is 18.2 Å². The number of hydrogen-bond donors (Lipinski definition) is 2. The Bertz CT molecular complexity index is 374. The lowest BCUT2D eigenvalue weighted by molar-refractivity contribution is -0.124. The topological polar surface area (TPSA) is 41.1 Å². The van der Waals surface area contributed by atoms with Gasteiger partial charge in [-0.25, -0.2) is 4.39 Å². The normalized spacial score (nSPS) is 11.5. The third-order valence-electron chi connectivity index (χ3n) is 2.61. The van der Waals surface area contributed by atoms with E-state index in [0.717, 1.165) is 0 Å². The van der Waals surface area contributed by atoms with Crippen molar-refractivity contribution in [2.75, 3.05) is 20.1 Å². The Morgan fingerprint density at radius 2 is 2.06 bits per heavy atom. The van der Waals surface area contributed by atoms with Crippen LogP contribution in [0.15, 0.2) is 24.3 Å². The van der Waals surface area contributed by atoms with Gasteiger partial charge in [-0.3, -0.25) is 4.79 Å². The molecule has 18 heavy (non-hydrogen) atoms. The molecule has 0 saturated carbocycles. The van der Waals surface area contributed by atoms with Gasteiger partial charge in [0.1, 0.15) is 5.82 Å². The molecule has 1 aromatic carbocycles. The van der Waals surface area contributed by atoms with Crippen molar-refractivity contribution in [1.29, 1.82) is 0 Å². The zero-order valence-electron chi connectivity index (χ0n) is 10.7. The first kappa shape index (κ1) is 16.9. The lowest BCUT2D eigenvalue weighted by atomic mass is 10.1. The SMILES string of the molecule is CNCC(C)C(=O)NCCc1ccccc1F.Cl. The molecule has 1 atom stereocenters. The van der Waals surface area contributed by atoms with E-state index in [9.17, 15) is 9.18 Å². The van der Waals surface area contributed by atoms with Crippen LogP contribution in [0.1, 0.15) is 12.5 Å². The summed E-state index contributed by atoms with van der Waals surface area (Å²) in [7, 11) is 1.81. The van der Waals surface area contributed by atoms with E-state index in [0.29, 0.717) is 25.1 Å². The minimum atomic E-state index is -0.218. The zero-order valence-corrected chi connectivity index (χ0v) is 11.5. The minimum absolute atomic E-state index is 0. The molecule has 0 radical (unpaired) electrons. The molecule has 0 saturated heterocycles. The highest BCUT2D eigenvalue weighted by atomic mass is 35.5. The van der Waals surface area contributed by atoms with Crippen LogP contribution in [0.2, 0.25) is 0 Å². The van der Waals surface area contributed by atoms with Gasteiger partial charge in [0.2, 0.25) is 5.91 Å². The number of nitrogens with one attached hydrogen (secondary N) is 2. The standard InChI is InChI=1S/C13H19FN2O.ClH/c1-10(9-15-2)13(17)16-8-7-11-5-3-4-6-12(11)14;/h3-6,10,15H,7-9H2,1-2H3,(H,16,17);1H. The number of hydrogen-bond acceptors (Lipinski definition) is 2. The first-order chi connectivity index (χ1) is 8.15. The van der Waals surface area contributed by atoms with Crippen LogP contribution in [0.5, 0.6) is 0 Å². The quantitative estimate of drug-likeness (QED) is 0.830. The summed E-state index contributed by atoms with van der Waals surface area (Å²) in [5, 5.41) is 5.74. The second-order valence-corrected chi connectivity index (χ2v) is 4.09. The van der Waals surface area contributed by atoms with Crippen molar-refractivity contribution in [3.05, 3.63) is 35.6 Å². The molecule has 1 amide bonds. The summed E-state index contributed by atoms with van der Waals surface area (Å²) in [6.45, 7) is 2.97. The molecule has 0 aliphatic heterocycles. The summed E-state index contributed by atoms with van der Waals surface area (Å²) in [5.74, 6) is -0.290. The van der Waals surface area contributed by atoms with Crippen LogP contribution in [-0.4, -0.2) is 26.0 Å². The fourth-order valence-electron chi connectivity index (χ4n) is 1.59. The smallest absolute Gasteiger partial charge is 0.224 e. The molecule has 0 aliphatic rings. The number of halogens is 2. The Balaban J connectivity index is 0.00000289. The van der Waals surface area contributed by atoms with Gasteiger partial charge in [0, 0.05) is 19.0 Å². The summed E-state index contributed by atoms with van der Waals surface area (Å²) in [4.78, 5) is 11.6. The monoisotopic (exact) mass is 274 g/mol. The van der Waals surface area contributed by atoms with Gasteiger partial charge in [0.15, 0.2) is 0 Å². The van der Waals surface area contributed by atoms with Gasteiger partial charge in [-0.2, -0.15) is 0 Å². The highest BCUT2D eigenvalue weighted by molar-refractivity contribution is 5.85. The maximum absolute atomic E-state index is 13.3. The number of carbonyl (C=O) groups excluding carboxylic acids is 1. The van der Waals surface area contributed by atoms with Crippen molar-refractivity contribution in [2.45, 2.75) is 13.3 Å². The van der Waals surface area contributed by atoms with E-state index in [1.807, 2.05) is 14.0 Å². The predicted octanol–water partition coefficient (Wildman–Crippen LogP) is 1.76. The molecule has 0 aliphatic carbocycles. The Labute approximate surface area is 114 Å². The molecular formula is C13H20ClFN2O. The first-order valence-electron chi connectivity index (χ1n) is 5.81. The predicted molar refractivity (Wildman–Crippen MR) is 73.5 cm³/mol. The van der Waals surface area contributed by atoms with Crippen molar-refractivity contribution in [1.82, 2.24) is 10.6 Å². The lowest BCUT2D eigenvalue weighted by Gasteiger charge is -2.11.